The molecule has 0 radical (unpaired) electrons. The predicted molar refractivity (Wildman–Crippen MR) is 92.8 cm³/mol. The number of ether oxygens (including phenoxy) is 1. The van der Waals surface area contributed by atoms with Crippen molar-refractivity contribution in [3.05, 3.63) is 63.7 Å². The third-order valence-electron chi connectivity index (χ3n) is 3.93. The normalized spacial score (nSPS) is 10.3. The Morgan fingerprint density at radius 1 is 1.28 bits per heavy atom. The van der Waals surface area contributed by atoms with E-state index in [9.17, 15) is 20.0 Å². The molecule has 7 heteroatoms. The summed E-state index contributed by atoms with van der Waals surface area (Å²) in [4.78, 5) is 24.4. The molecule has 0 fully saturated rings. The maximum Gasteiger partial charge on any atom is 0.311 e. The van der Waals surface area contributed by atoms with Crippen molar-refractivity contribution in [3.63, 3.8) is 0 Å². The quantitative estimate of drug-likeness (QED) is 0.615. The van der Waals surface area contributed by atoms with Gasteiger partial charge in [-0.1, -0.05) is 24.3 Å². The number of para-hydroxylation sites is 1. The molecule has 0 saturated carbocycles. The topological polar surface area (TPSA) is 92.9 Å². The van der Waals surface area contributed by atoms with Gasteiger partial charge < -0.3 is 14.7 Å². The molecule has 0 heterocycles. The fourth-order valence-electron chi connectivity index (χ4n) is 2.43. The van der Waals surface area contributed by atoms with E-state index in [2.05, 4.69) is 0 Å². The van der Waals surface area contributed by atoms with Gasteiger partial charge in [0.05, 0.1) is 18.5 Å². The first kappa shape index (κ1) is 18.3. The van der Waals surface area contributed by atoms with Crippen molar-refractivity contribution in [2.24, 2.45) is 0 Å². The highest BCUT2D eigenvalue weighted by Crippen LogP contribution is 2.27. The minimum absolute atomic E-state index is 0.0576. The van der Waals surface area contributed by atoms with E-state index in [0.29, 0.717) is 18.5 Å². The molecule has 25 heavy (non-hydrogen) atoms. The zero-order valence-electron chi connectivity index (χ0n) is 14.1. The average molecular weight is 344 g/mol. The van der Waals surface area contributed by atoms with Crippen molar-refractivity contribution < 1.29 is 19.6 Å². The zero-order chi connectivity index (χ0) is 18.4. The lowest BCUT2D eigenvalue weighted by atomic mass is 10.1. The molecule has 0 aliphatic heterocycles. The number of carbonyl (C=O) groups is 1. The SMILES string of the molecule is COc1ccc(CC(=O)N(C)CCc2ccccc2O)cc1[N+](=O)[O-]. The number of nitrogens with zero attached hydrogens (tertiary/aromatic N) is 2. The van der Waals surface area contributed by atoms with Gasteiger partial charge >= 0.3 is 5.69 Å². The van der Waals surface area contributed by atoms with E-state index in [-0.39, 0.29) is 29.5 Å². The number of aromatic hydroxyl groups is 1. The Labute approximate surface area is 145 Å². The van der Waals surface area contributed by atoms with Crippen molar-refractivity contribution in [2.45, 2.75) is 12.8 Å². The Morgan fingerprint density at radius 2 is 2.00 bits per heavy atom. The minimum Gasteiger partial charge on any atom is -0.508 e. The highest BCUT2D eigenvalue weighted by atomic mass is 16.6. The number of methoxy groups -OCH3 is 1. The number of hydrogen-bond acceptors (Lipinski definition) is 5. The molecule has 0 spiro atoms. The van der Waals surface area contributed by atoms with Gasteiger partial charge in [-0.3, -0.25) is 14.9 Å². The molecule has 2 aromatic carbocycles. The van der Waals surface area contributed by atoms with Crippen molar-refractivity contribution >= 4 is 11.6 Å². The fraction of sp³-hybridized carbons (Fsp3) is 0.278. The molecule has 2 aromatic rings. The van der Waals surface area contributed by atoms with E-state index in [0.717, 1.165) is 5.56 Å². The van der Waals surface area contributed by atoms with E-state index < -0.39 is 4.92 Å². The number of carbonyl (C=O) groups excluding carboxylic acids is 1. The smallest absolute Gasteiger partial charge is 0.311 e. The van der Waals surface area contributed by atoms with Crippen LogP contribution in [0.4, 0.5) is 5.69 Å². The number of benzene rings is 2. The van der Waals surface area contributed by atoms with Crippen LogP contribution in [0, 0.1) is 10.1 Å². The predicted octanol–water partition coefficient (Wildman–Crippen LogP) is 2.55. The second kappa shape index (κ2) is 8.14. The molecule has 0 saturated heterocycles. The summed E-state index contributed by atoms with van der Waals surface area (Å²) in [5.41, 5.74) is 1.15. The monoisotopic (exact) mass is 344 g/mol. The van der Waals surface area contributed by atoms with E-state index in [1.807, 2.05) is 6.07 Å². The van der Waals surface area contributed by atoms with Gasteiger partial charge in [0.2, 0.25) is 5.91 Å². The maximum absolute atomic E-state index is 12.3. The molecular weight excluding hydrogens is 324 g/mol. The van der Waals surface area contributed by atoms with Crippen LogP contribution < -0.4 is 4.74 Å². The first-order valence-electron chi connectivity index (χ1n) is 7.74. The van der Waals surface area contributed by atoms with Gasteiger partial charge in [-0.25, -0.2) is 0 Å². The summed E-state index contributed by atoms with van der Waals surface area (Å²) in [6, 6.07) is 11.5. The summed E-state index contributed by atoms with van der Waals surface area (Å²) < 4.78 is 4.95. The standard InChI is InChI=1S/C18H20N2O5/c1-19(10-9-14-5-3-4-6-16(14)21)18(22)12-13-7-8-17(25-2)15(11-13)20(23)24/h3-8,11,21H,9-10,12H2,1-2H3. The molecule has 1 amide bonds. The summed E-state index contributed by atoms with van der Waals surface area (Å²) in [5, 5.41) is 20.8. The van der Waals surface area contributed by atoms with Gasteiger partial charge in [0.15, 0.2) is 5.75 Å². The van der Waals surface area contributed by atoms with Crippen molar-refractivity contribution in [1.82, 2.24) is 4.90 Å². The summed E-state index contributed by atoms with van der Waals surface area (Å²) in [6.07, 6.45) is 0.583. The Kier molecular flexibility index (Phi) is 5.94. The molecular formula is C18H20N2O5. The molecule has 0 aromatic heterocycles. The Morgan fingerprint density at radius 3 is 2.64 bits per heavy atom. The molecule has 0 bridgehead atoms. The van der Waals surface area contributed by atoms with Crippen LogP contribution in [0.15, 0.2) is 42.5 Å². The summed E-state index contributed by atoms with van der Waals surface area (Å²) in [7, 11) is 3.03. The van der Waals surface area contributed by atoms with Crippen LogP contribution in [-0.2, 0) is 17.6 Å². The third kappa shape index (κ3) is 4.69. The number of nitro benzene ring substituents is 1. The summed E-state index contributed by atoms with van der Waals surface area (Å²) in [6.45, 7) is 0.439. The van der Waals surface area contributed by atoms with Crippen molar-refractivity contribution in [2.75, 3.05) is 20.7 Å². The average Bonchev–Trinajstić information content (AvgIpc) is 2.60. The first-order chi connectivity index (χ1) is 11.9. The number of rotatable bonds is 7. The van der Waals surface area contributed by atoms with E-state index in [1.54, 1.807) is 36.2 Å². The highest BCUT2D eigenvalue weighted by molar-refractivity contribution is 5.79. The van der Waals surface area contributed by atoms with Gasteiger partial charge in [-0.05, 0) is 29.7 Å². The molecule has 0 aliphatic rings. The number of hydrogen-bond donors (Lipinski definition) is 1. The Bertz CT molecular complexity index is 776. The van der Waals surface area contributed by atoms with E-state index in [1.165, 1.54) is 19.2 Å². The molecule has 1 N–H and O–H groups in total. The number of phenolic OH excluding ortho intramolecular Hbond substituents is 1. The van der Waals surface area contributed by atoms with Crippen LogP contribution in [0.1, 0.15) is 11.1 Å². The second-order valence-electron chi connectivity index (χ2n) is 5.63. The lowest BCUT2D eigenvalue weighted by Crippen LogP contribution is -2.30. The number of nitro groups is 1. The number of phenols is 1. The van der Waals surface area contributed by atoms with Gasteiger partial charge in [0.25, 0.3) is 0 Å². The third-order valence-corrected chi connectivity index (χ3v) is 3.93. The van der Waals surface area contributed by atoms with Gasteiger partial charge in [0, 0.05) is 19.7 Å². The number of likely N-dealkylation sites (N-methyl/N-ethyl adjacent to an activating group) is 1. The van der Waals surface area contributed by atoms with E-state index >= 15 is 0 Å². The molecule has 132 valence electrons. The molecule has 0 unspecified atom stereocenters. The van der Waals surface area contributed by atoms with Crippen molar-refractivity contribution in [1.29, 1.82) is 0 Å². The van der Waals surface area contributed by atoms with Gasteiger partial charge in [0.1, 0.15) is 5.75 Å². The highest BCUT2D eigenvalue weighted by Gasteiger charge is 2.17. The van der Waals surface area contributed by atoms with Gasteiger partial charge in [-0.2, -0.15) is 0 Å². The van der Waals surface area contributed by atoms with Crippen LogP contribution >= 0.6 is 0 Å². The fourth-order valence-corrected chi connectivity index (χ4v) is 2.43. The Hall–Kier alpha value is -3.09. The van der Waals surface area contributed by atoms with Crippen LogP contribution in [-0.4, -0.2) is 41.5 Å². The number of amides is 1. The van der Waals surface area contributed by atoms with E-state index in [4.69, 9.17) is 4.74 Å². The van der Waals surface area contributed by atoms with Crippen LogP contribution in [0.25, 0.3) is 0 Å². The lowest BCUT2D eigenvalue weighted by Gasteiger charge is -2.17. The second-order valence-corrected chi connectivity index (χ2v) is 5.63. The minimum atomic E-state index is -0.533. The maximum atomic E-state index is 12.3. The first-order valence-corrected chi connectivity index (χ1v) is 7.74. The summed E-state index contributed by atoms with van der Waals surface area (Å²) in [5.74, 6) is 0.207. The zero-order valence-corrected chi connectivity index (χ0v) is 14.1. The molecule has 0 aliphatic carbocycles. The van der Waals surface area contributed by atoms with Crippen LogP contribution in [0.5, 0.6) is 11.5 Å². The van der Waals surface area contributed by atoms with Crippen LogP contribution in [0.2, 0.25) is 0 Å². The largest absolute Gasteiger partial charge is 0.508 e. The molecule has 2 rings (SSSR count). The summed E-state index contributed by atoms with van der Waals surface area (Å²) >= 11 is 0. The van der Waals surface area contributed by atoms with Crippen LogP contribution in [0.3, 0.4) is 0 Å². The lowest BCUT2D eigenvalue weighted by molar-refractivity contribution is -0.385. The Balaban J connectivity index is 2.00. The molecule has 0 atom stereocenters. The van der Waals surface area contributed by atoms with Crippen molar-refractivity contribution in [3.8, 4) is 11.5 Å². The van der Waals surface area contributed by atoms with Gasteiger partial charge in [-0.15, -0.1) is 0 Å². The molecule has 7 nitrogen and oxygen atoms in total.